The maximum absolute atomic E-state index is 12.5. The summed E-state index contributed by atoms with van der Waals surface area (Å²) in [4.78, 5) is 0.936. The highest BCUT2D eigenvalue weighted by atomic mass is 32.2. The van der Waals surface area contributed by atoms with Crippen molar-refractivity contribution in [2.45, 2.75) is 24.1 Å². The number of rotatable bonds is 5. The van der Waals surface area contributed by atoms with Crippen LogP contribution in [0.5, 0.6) is 0 Å². The van der Waals surface area contributed by atoms with Gasteiger partial charge >= 0.3 is 0 Å². The second kappa shape index (κ2) is 5.88. The van der Waals surface area contributed by atoms with Crippen LogP contribution in [0.15, 0.2) is 10.3 Å². The molecule has 7 heteroatoms. The molecule has 5 nitrogen and oxygen atoms in total. The molecule has 0 amide bonds. The maximum atomic E-state index is 12.5. The van der Waals surface area contributed by atoms with E-state index >= 15 is 0 Å². The number of methoxy groups -OCH3 is 1. The van der Waals surface area contributed by atoms with Gasteiger partial charge in [0.25, 0.3) is 10.0 Å². The van der Waals surface area contributed by atoms with Gasteiger partial charge < -0.3 is 10.5 Å². The number of aryl methyl sites for hydroxylation is 1. The zero-order chi connectivity index (χ0) is 14.0. The van der Waals surface area contributed by atoms with Gasteiger partial charge in [-0.3, -0.25) is 0 Å². The minimum atomic E-state index is -3.36. The number of hydrogen-bond donors (Lipinski definition) is 1. The van der Waals surface area contributed by atoms with Crippen LogP contribution >= 0.6 is 11.3 Å². The lowest BCUT2D eigenvalue weighted by atomic mass is 10.1. The van der Waals surface area contributed by atoms with E-state index in [0.717, 1.165) is 16.9 Å². The topological polar surface area (TPSA) is 72.6 Å². The van der Waals surface area contributed by atoms with E-state index in [1.165, 1.54) is 11.3 Å². The highest BCUT2D eigenvalue weighted by Gasteiger charge is 2.33. The molecule has 1 aliphatic heterocycles. The standard InChI is InChI=1S/C12H20N2O3S2/c1-9-5-12(18-11(9)6-13)19(15,16)14-4-3-10(7-14)8-17-2/h5,10H,3-4,6-8,13H2,1-2H3. The van der Waals surface area contributed by atoms with Crippen LogP contribution in [0.1, 0.15) is 16.9 Å². The Hall–Kier alpha value is -0.470. The van der Waals surface area contributed by atoms with Gasteiger partial charge in [-0.25, -0.2) is 8.42 Å². The summed E-state index contributed by atoms with van der Waals surface area (Å²) in [6, 6.07) is 1.73. The van der Waals surface area contributed by atoms with Crippen LogP contribution in [0.4, 0.5) is 0 Å². The van der Waals surface area contributed by atoms with Crippen molar-refractivity contribution in [2.24, 2.45) is 11.7 Å². The minimum Gasteiger partial charge on any atom is -0.384 e. The van der Waals surface area contributed by atoms with Crippen LogP contribution in [0.25, 0.3) is 0 Å². The van der Waals surface area contributed by atoms with Gasteiger partial charge in [-0.05, 0) is 30.9 Å². The number of ether oxygens (including phenoxy) is 1. The summed E-state index contributed by atoms with van der Waals surface area (Å²) >= 11 is 1.28. The molecule has 2 heterocycles. The Morgan fingerprint density at radius 1 is 1.58 bits per heavy atom. The Bertz CT molecular complexity index is 539. The molecule has 1 saturated heterocycles. The predicted molar refractivity (Wildman–Crippen MR) is 75.7 cm³/mol. The fraction of sp³-hybridized carbons (Fsp3) is 0.667. The molecule has 0 aliphatic carbocycles. The third kappa shape index (κ3) is 3.00. The van der Waals surface area contributed by atoms with E-state index < -0.39 is 10.0 Å². The summed E-state index contributed by atoms with van der Waals surface area (Å²) in [5.74, 6) is 0.301. The van der Waals surface area contributed by atoms with Crippen LogP contribution in [-0.4, -0.2) is 39.5 Å². The first-order valence-corrected chi connectivity index (χ1v) is 8.53. The summed E-state index contributed by atoms with van der Waals surface area (Å²) in [7, 11) is -1.71. The molecular formula is C12H20N2O3S2. The monoisotopic (exact) mass is 304 g/mol. The molecule has 19 heavy (non-hydrogen) atoms. The molecule has 1 atom stereocenters. The van der Waals surface area contributed by atoms with E-state index in [4.69, 9.17) is 10.5 Å². The first-order valence-electron chi connectivity index (χ1n) is 6.27. The summed E-state index contributed by atoms with van der Waals surface area (Å²) in [5, 5.41) is 0. The van der Waals surface area contributed by atoms with Crippen molar-refractivity contribution in [1.82, 2.24) is 4.31 Å². The molecule has 1 aliphatic rings. The summed E-state index contributed by atoms with van der Waals surface area (Å²) in [6.07, 6.45) is 0.862. The second-order valence-electron chi connectivity index (χ2n) is 4.85. The van der Waals surface area contributed by atoms with E-state index in [0.29, 0.717) is 36.4 Å². The van der Waals surface area contributed by atoms with Crippen molar-refractivity contribution < 1.29 is 13.2 Å². The molecule has 1 aromatic rings. The van der Waals surface area contributed by atoms with Crippen molar-refractivity contribution in [3.8, 4) is 0 Å². The number of nitrogens with zero attached hydrogens (tertiary/aromatic N) is 1. The number of sulfonamides is 1. The Morgan fingerprint density at radius 2 is 2.32 bits per heavy atom. The molecule has 1 unspecified atom stereocenters. The Kier molecular flexibility index (Phi) is 4.62. The molecule has 108 valence electrons. The molecule has 0 saturated carbocycles. The maximum Gasteiger partial charge on any atom is 0.252 e. The fourth-order valence-electron chi connectivity index (χ4n) is 2.33. The largest absolute Gasteiger partial charge is 0.384 e. The molecule has 2 N–H and O–H groups in total. The van der Waals surface area contributed by atoms with Crippen molar-refractivity contribution in [1.29, 1.82) is 0 Å². The third-order valence-electron chi connectivity index (χ3n) is 3.43. The van der Waals surface area contributed by atoms with Crippen molar-refractivity contribution in [3.63, 3.8) is 0 Å². The fourth-order valence-corrected chi connectivity index (χ4v) is 5.49. The van der Waals surface area contributed by atoms with Crippen molar-refractivity contribution in [3.05, 3.63) is 16.5 Å². The van der Waals surface area contributed by atoms with Crippen LogP contribution in [-0.2, 0) is 21.3 Å². The Morgan fingerprint density at radius 3 is 2.89 bits per heavy atom. The molecule has 0 radical (unpaired) electrons. The van der Waals surface area contributed by atoms with Gasteiger partial charge in [0.2, 0.25) is 0 Å². The number of thiophene rings is 1. The first kappa shape index (κ1) is 14.9. The van der Waals surface area contributed by atoms with Gasteiger partial charge in [0.15, 0.2) is 0 Å². The van der Waals surface area contributed by atoms with Gasteiger partial charge in [0, 0.05) is 31.6 Å². The average molecular weight is 304 g/mol. The van der Waals surface area contributed by atoms with E-state index in [-0.39, 0.29) is 0 Å². The van der Waals surface area contributed by atoms with Gasteiger partial charge in [0.05, 0.1) is 6.61 Å². The molecule has 0 aromatic carbocycles. The average Bonchev–Trinajstić information content (AvgIpc) is 2.96. The molecule has 2 rings (SSSR count). The van der Waals surface area contributed by atoms with Crippen molar-refractivity contribution >= 4 is 21.4 Å². The molecule has 1 aromatic heterocycles. The lowest BCUT2D eigenvalue weighted by Crippen LogP contribution is -2.28. The molecule has 0 bridgehead atoms. The zero-order valence-electron chi connectivity index (χ0n) is 11.3. The third-order valence-corrected chi connectivity index (χ3v) is 7.00. The van der Waals surface area contributed by atoms with Crippen LogP contribution in [0, 0.1) is 12.8 Å². The van der Waals surface area contributed by atoms with E-state index in [2.05, 4.69) is 0 Å². The molecular weight excluding hydrogens is 284 g/mol. The smallest absolute Gasteiger partial charge is 0.252 e. The van der Waals surface area contributed by atoms with E-state index in [1.54, 1.807) is 17.5 Å². The van der Waals surface area contributed by atoms with Crippen LogP contribution in [0.3, 0.4) is 0 Å². The number of hydrogen-bond acceptors (Lipinski definition) is 5. The minimum absolute atomic E-state index is 0.301. The van der Waals surface area contributed by atoms with Crippen LogP contribution < -0.4 is 5.73 Å². The lowest BCUT2D eigenvalue weighted by molar-refractivity contribution is 0.157. The summed E-state index contributed by atoms with van der Waals surface area (Å²) < 4.78 is 32.1. The molecule has 1 fully saturated rings. The van der Waals surface area contributed by atoms with Gasteiger partial charge in [0.1, 0.15) is 4.21 Å². The molecule has 0 spiro atoms. The van der Waals surface area contributed by atoms with Crippen LogP contribution in [0.2, 0.25) is 0 Å². The Labute approximate surface area is 118 Å². The van der Waals surface area contributed by atoms with Gasteiger partial charge in [-0.15, -0.1) is 11.3 Å². The highest BCUT2D eigenvalue weighted by molar-refractivity contribution is 7.91. The lowest BCUT2D eigenvalue weighted by Gasteiger charge is -2.15. The van der Waals surface area contributed by atoms with Crippen molar-refractivity contribution in [2.75, 3.05) is 26.8 Å². The van der Waals surface area contributed by atoms with Gasteiger partial charge in [-0.1, -0.05) is 0 Å². The SMILES string of the molecule is COCC1CCN(S(=O)(=O)c2cc(C)c(CN)s2)C1. The van der Waals surface area contributed by atoms with E-state index in [1.807, 2.05) is 6.92 Å². The van der Waals surface area contributed by atoms with E-state index in [9.17, 15) is 8.42 Å². The highest BCUT2D eigenvalue weighted by Crippen LogP contribution is 2.31. The summed E-state index contributed by atoms with van der Waals surface area (Å²) in [6.45, 7) is 4.02. The number of nitrogens with two attached hydrogens (primary N) is 1. The normalized spacial score (nSPS) is 21.1. The second-order valence-corrected chi connectivity index (χ2v) is 8.15. The Balaban J connectivity index is 2.18. The quantitative estimate of drug-likeness (QED) is 0.886. The van der Waals surface area contributed by atoms with Gasteiger partial charge in [-0.2, -0.15) is 4.31 Å². The predicted octanol–water partition coefficient (Wildman–Crippen LogP) is 1.17. The first-order chi connectivity index (χ1) is 8.98. The summed E-state index contributed by atoms with van der Waals surface area (Å²) in [5.41, 5.74) is 6.56. The zero-order valence-corrected chi connectivity index (χ0v) is 12.9.